The molecule has 0 aromatic heterocycles. The third-order valence-corrected chi connectivity index (χ3v) is 5.17. The maximum absolute atomic E-state index is 10.9. The van der Waals surface area contributed by atoms with Gasteiger partial charge in [-0.3, -0.25) is 4.99 Å². The van der Waals surface area contributed by atoms with Crippen LogP contribution in [0.1, 0.15) is 27.0 Å². The molecule has 148 valence electrons. The fourth-order valence-electron chi connectivity index (χ4n) is 2.57. The van der Waals surface area contributed by atoms with Gasteiger partial charge in [0.05, 0.1) is 21.3 Å². The van der Waals surface area contributed by atoms with Gasteiger partial charge in [-0.25, -0.2) is 4.79 Å². The van der Waals surface area contributed by atoms with Crippen molar-refractivity contribution in [1.82, 2.24) is 0 Å². The number of carbonyl (C=O) groups is 1. The number of aliphatic imine (C=N–C) groups is 1. The lowest BCUT2D eigenvalue weighted by Crippen LogP contribution is -2.00. The Morgan fingerprint density at radius 2 is 1.69 bits per heavy atom. The first-order valence-corrected chi connectivity index (χ1v) is 9.72. The number of carboxylic acids is 1. The standard InChI is InChI=1S/C22H16Cl3NO3/c1-13-17(23)3-2-4-20(13)26-11-15-9-18(24)21(19(25)10-15)29-12-14-5-7-16(8-6-14)22(27)28/h2-11H,12H2,1H3,(H,27,28). The minimum absolute atomic E-state index is 0.203. The molecule has 0 atom stereocenters. The van der Waals surface area contributed by atoms with Gasteiger partial charge in [-0.05, 0) is 60.0 Å². The van der Waals surface area contributed by atoms with Gasteiger partial charge in [-0.2, -0.15) is 0 Å². The van der Waals surface area contributed by atoms with Crippen molar-refractivity contribution in [2.75, 3.05) is 0 Å². The van der Waals surface area contributed by atoms with Crippen LogP contribution in [0.5, 0.6) is 5.75 Å². The van der Waals surface area contributed by atoms with Crippen LogP contribution in [0.3, 0.4) is 0 Å². The molecule has 0 aliphatic heterocycles. The number of aromatic carboxylic acids is 1. The third-order valence-electron chi connectivity index (χ3n) is 4.20. The van der Waals surface area contributed by atoms with E-state index in [-0.39, 0.29) is 12.2 Å². The largest absolute Gasteiger partial charge is 0.486 e. The highest BCUT2D eigenvalue weighted by molar-refractivity contribution is 6.37. The fourth-order valence-corrected chi connectivity index (χ4v) is 3.35. The molecule has 0 heterocycles. The average molecular weight is 449 g/mol. The van der Waals surface area contributed by atoms with Gasteiger partial charge in [0.15, 0.2) is 5.75 Å². The summed E-state index contributed by atoms with van der Waals surface area (Å²) in [6, 6.07) is 15.3. The van der Waals surface area contributed by atoms with Crippen LogP contribution in [0.25, 0.3) is 0 Å². The molecule has 0 saturated heterocycles. The Balaban J connectivity index is 1.74. The highest BCUT2D eigenvalue weighted by Crippen LogP contribution is 2.35. The molecule has 0 aliphatic rings. The lowest BCUT2D eigenvalue weighted by molar-refractivity contribution is 0.0697. The van der Waals surface area contributed by atoms with Gasteiger partial charge in [-0.15, -0.1) is 0 Å². The Hall–Kier alpha value is -2.53. The van der Waals surface area contributed by atoms with Crippen LogP contribution in [-0.4, -0.2) is 17.3 Å². The summed E-state index contributed by atoms with van der Waals surface area (Å²) in [6.45, 7) is 2.10. The van der Waals surface area contributed by atoms with Gasteiger partial charge in [0, 0.05) is 11.2 Å². The molecule has 7 heteroatoms. The zero-order valence-corrected chi connectivity index (χ0v) is 17.6. The number of nitrogens with zero attached hydrogens (tertiary/aromatic N) is 1. The maximum Gasteiger partial charge on any atom is 0.335 e. The summed E-state index contributed by atoms with van der Waals surface area (Å²) in [5.41, 5.74) is 3.37. The number of halogens is 3. The number of rotatable bonds is 6. The summed E-state index contributed by atoms with van der Waals surface area (Å²) in [5.74, 6) is -0.625. The molecule has 4 nitrogen and oxygen atoms in total. The summed E-state index contributed by atoms with van der Waals surface area (Å²) < 4.78 is 5.73. The summed E-state index contributed by atoms with van der Waals surface area (Å²) in [4.78, 5) is 15.4. The van der Waals surface area contributed by atoms with Crippen molar-refractivity contribution < 1.29 is 14.6 Å². The zero-order chi connectivity index (χ0) is 21.0. The Labute approximate surface area is 183 Å². The molecule has 0 unspecified atom stereocenters. The van der Waals surface area contributed by atoms with Crippen LogP contribution in [0.2, 0.25) is 15.1 Å². The minimum Gasteiger partial charge on any atom is -0.486 e. The van der Waals surface area contributed by atoms with Crippen LogP contribution in [0.4, 0.5) is 5.69 Å². The predicted octanol–water partition coefficient (Wildman–Crippen LogP) is 6.98. The second-order valence-electron chi connectivity index (χ2n) is 6.25. The quantitative estimate of drug-likeness (QED) is 0.414. The van der Waals surface area contributed by atoms with E-state index in [1.807, 2.05) is 25.1 Å². The summed E-state index contributed by atoms with van der Waals surface area (Å²) in [7, 11) is 0. The molecule has 0 aliphatic carbocycles. The Kier molecular flexibility index (Phi) is 6.80. The second-order valence-corrected chi connectivity index (χ2v) is 7.47. The van der Waals surface area contributed by atoms with E-state index in [2.05, 4.69) is 4.99 Å². The maximum atomic E-state index is 10.9. The van der Waals surface area contributed by atoms with Crippen molar-refractivity contribution in [1.29, 1.82) is 0 Å². The van der Waals surface area contributed by atoms with Gasteiger partial charge in [0.25, 0.3) is 0 Å². The van der Waals surface area contributed by atoms with Crippen molar-refractivity contribution in [2.45, 2.75) is 13.5 Å². The fraction of sp³-hybridized carbons (Fsp3) is 0.0909. The Bertz CT molecular complexity index is 1060. The molecular weight excluding hydrogens is 433 g/mol. The first kappa shape index (κ1) is 21.2. The number of carboxylic acid groups (broad SMARTS) is 1. The van der Waals surface area contributed by atoms with Gasteiger partial charge in [-0.1, -0.05) is 53.0 Å². The molecule has 3 aromatic rings. The lowest BCUT2D eigenvalue weighted by Gasteiger charge is -2.11. The molecule has 3 rings (SSSR count). The molecule has 1 N–H and O–H groups in total. The van der Waals surface area contributed by atoms with Crippen LogP contribution < -0.4 is 4.74 Å². The van der Waals surface area contributed by atoms with Gasteiger partial charge >= 0.3 is 5.97 Å². The van der Waals surface area contributed by atoms with Crippen LogP contribution >= 0.6 is 34.8 Å². The second kappa shape index (κ2) is 9.31. The average Bonchev–Trinajstić information content (AvgIpc) is 2.69. The highest BCUT2D eigenvalue weighted by Gasteiger charge is 2.10. The SMILES string of the molecule is Cc1c(Cl)cccc1N=Cc1cc(Cl)c(OCc2ccc(C(=O)O)cc2)c(Cl)c1. The summed E-state index contributed by atoms with van der Waals surface area (Å²) >= 11 is 18.8. The van der Waals surface area contributed by atoms with E-state index in [0.717, 1.165) is 22.4 Å². The van der Waals surface area contributed by atoms with E-state index in [9.17, 15) is 4.79 Å². The van der Waals surface area contributed by atoms with Crippen molar-refractivity contribution in [3.05, 3.63) is 91.9 Å². The van der Waals surface area contributed by atoms with Crippen molar-refractivity contribution in [3.63, 3.8) is 0 Å². The number of hydrogen-bond acceptors (Lipinski definition) is 3. The Morgan fingerprint density at radius 1 is 1.03 bits per heavy atom. The van der Waals surface area contributed by atoms with Crippen molar-refractivity contribution >= 4 is 52.7 Å². The molecule has 29 heavy (non-hydrogen) atoms. The van der Waals surface area contributed by atoms with Crippen molar-refractivity contribution in [2.24, 2.45) is 4.99 Å². The van der Waals surface area contributed by atoms with Crippen LogP contribution in [0, 0.1) is 6.92 Å². The third kappa shape index (κ3) is 5.30. The molecule has 0 spiro atoms. The van der Waals surface area contributed by atoms with Crippen molar-refractivity contribution in [3.8, 4) is 5.75 Å². The lowest BCUT2D eigenvalue weighted by atomic mass is 10.1. The first-order valence-electron chi connectivity index (χ1n) is 8.58. The van der Waals surface area contributed by atoms with Crippen LogP contribution in [-0.2, 0) is 6.61 Å². The summed E-state index contributed by atoms with van der Waals surface area (Å²) in [5, 5.41) is 10.3. The van der Waals surface area contributed by atoms with E-state index in [1.54, 1.807) is 30.5 Å². The highest BCUT2D eigenvalue weighted by atomic mass is 35.5. The monoisotopic (exact) mass is 447 g/mol. The zero-order valence-electron chi connectivity index (χ0n) is 15.3. The molecule has 0 bridgehead atoms. The molecule has 3 aromatic carbocycles. The van der Waals surface area contributed by atoms with E-state index < -0.39 is 5.97 Å². The van der Waals surface area contributed by atoms with Gasteiger partial charge < -0.3 is 9.84 Å². The van der Waals surface area contributed by atoms with Crippen LogP contribution in [0.15, 0.2) is 59.6 Å². The molecule has 0 fully saturated rings. The van der Waals surface area contributed by atoms with E-state index in [1.165, 1.54) is 12.1 Å². The molecule has 0 amide bonds. The summed E-state index contributed by atoms with van der Waals surface area (Å²) in [6.07, 6.45) is 1.66. The number of benzene rings is 3. The molecule has 0 saturated carbocycles. The number of hydrogen-bond donors (Lipinski definition) is 1. The van der Waals surface area contributed by atoms with Gasteiger partial charge in [0.2, 0.25) is 0 Å². The number of ether oxygens (including phenoxy) is 1. The topological polar surface area (TPSA) is 58.9 Å². The minimum atomic E-state index is -0.978. The van der Waals surface area contributed by atoms with Gasteiger partial charge in [0.1, 0.15) is 6.61 Å². The molecular formula is C22H16Cl3NO3. The van der Waals surface area contributed by atoms with E-state index in [0.29, 0.717) is 20.8 Å². The molecule has 0 radical (unpaired) electrons. The van der Waals surface area contributed by atoms with E-state index in [4.69, 9.17) is 44.6 Å². The van der Waals surface area contributed by atoms with E-state index >= 15 is 0 Å². The smallest absolute Gasteiger partial charge is 0.335 e. The Morgan fingerprint density at radius 3 is 2.31 bits per heavy atom. The first-order chi connectivity index (χ1) is 13.8. The normalized spacial score (nSPS) is 11.0. The predicted molar refractivity (Wildman–Crippen MR) is 118 cm³/mol.